The van der Waals surface area contributed by atoms with E-state index in [9.17, 15) is 9.13 Å². The zero-order chi connectivity index (χ0) is 21.7. The van der Waals surface area contributed by atoms with E-state index in [2.05, 4.69) is 13.8 Å². The minimum Gasteiger partial charge on any atom is -0.443 e. The van der Waals surface area contributed by atoms with Gasteiger partial charge in [-0.1, -0.05) is 65.8 Å². The van der Waals surface area contributed by atoms with E-state index in [1.165, 1.54) is 0 Å². The molecule has 6 heteroatoms. The van der Waals surface area contributed by atoms with Gasteiger partial charge in [0.25, 0.3) is 0 Å². The quantitative estimate of drug-likeness (QED) is 0.364. The van der Waals surface area contributed by atoms with Crippen molar-refractivity contribution in [1.29, 1.82) is 0 Å². The Hall–Kier alpha value is -1.50. The van der Waals surface area contributed by atoms with Gasteiger partial charge in [0.05, 0.1) is 0 Å². The molecule has 29 heavy (non-hydrogen) atoms. The van der Waals surface area contributed by atoms with Crippen LogP contribution in [0.3, 0.4) is 0 Å². The number of hydrogen-bond acceptors (Lipinski definition) is 4. The summed E-state index contributed by atoms with van der Waals surface area (Å²) in [5.74, 6) is 1.30. The SMILES string of the molecule is CCP(=O)(CC)Oc1ccc(C(C)(C)c2ccc(OP(=O)(CC)CC)cc2)cc1. The molecule has 0 unspecified atom stereocenters. The van der Waals surface area contributed by atoms with Gasteiger partial charge in [-0.2, -0.15) is 0 Å². The van der Waals surface area contributed by atoms with Gasteiger partial charge in [-0.15, -0.1) is 0 Å². The van der Waals surface area contributed by atoms with Gasteiger partial charge in [-0.25, -0.2) is 0 Å². The van der Waals surface area contributed by atoms with Crippen molar-refractivity contribution in [3.05, 3.63) is 59.7 Å². The lowest BCUT2D eigenvalue weighted by molar-refractivity contribution is 0.482. The third kappa shape index (κ3) is 5.77. The smallest absolute Gasteiger partial charge is 0.247 e. The molecule has 0 amide bonds. The van der Waals surface area contributed by atoms with Gasteiger partial charge < -0.3 is 9.05 Å². The Balaban J connectivity index is 2.20. The molecule has 4 nitrogen and oxygen atoms in total. The number of benzene rings is 2. The summed E-state index contributed by atoms with van der Waals surface area (Å²) in [6, 6.07) is 15.7. The molecular weight excluding hydrogens is 402 g/mol. The summed E-state index contributed by atoms with van der Waals surface area (Å²) in [5, 5.41) is 0. The fraction of sp³-hybridized carbons (Fsp3) is 0.478. The molecule has 0 spiro atoms. The van der Waals surface area contributed by atoms with Crippen LogP contribution < -0.4 is 9.05 Å². The second kappa shape index (κ2) is 9.54. The molecule has 2 aromatic rings. The van der Waals surface area contributed by atoms with E-state index in [0.29, 0.717) is 36.1 Å². The molecule has 2 aromatic carbocycles. The Kier molecular flexibility index (Phi) is 7.82. The highest BCUT2D eigenvalue weighted by Crippen LogP contribution is 2.47. The van der Waals surface area contributed by atoms with Crippen LogP contribution in [-0.4, -0.2) is 24.6 Å². The first kappa shape index (κ1) is 23.8. The van der Waals surface area contributed by atoms with Gasteiger partial charge in [-0.3, -0.25) is 9.13 Å². The Labute approximate surface area is 175 Å². The molecule has 0 aromatic heterocycles. The third-order valence-corrected chi connectivity index (χ3v) is 10.6. The number of rotatable bonds is 10. The van der Waals surface area contributed by atoms with Gasteiger partial charge in [0, 0.05) is 30.1 Å². The van der Waals surface area contributed by atoms with E-state index >= 15 is 0 Å². The van der Waals surface area contributed by atoms with Crippen LogP contribution in [0.25, 0.3) is 0 Å². The van der Waals surface area contributed by atoms with Gasteiger partial charge in [0.1, 0.15) is 11.5 Å². The summed E-state index contributed by atoms with van der Waals surface area (Å²) < 4.78 is 36.6. The maximum Gasteiger partial charge on any atom is 0.247 e. The van der Waals surface area contributed by atoms with E-state index < -0.39 is 14.7 Å². The molecule has 160 valence electrons. The molecule has 0 atom stereocenters. The van der Waals surface area contributed by atoms with Crippen molar-refractivity contribution in [2.45, 2.75) is 47.0 Å². The summed E-state index contributed by atoms with van der Waals surface area (Å²) in [4.78, 5) is 0. The van der Waals surface area contributed by atoms with E-state index in [4.69, 9.17) is 9.05 Å². The van der Waals surface area contributed by atoms with Crippen LogP contribution in [0.2, 0.25) is 0 Å². The standard InChI is InChI=1S/C23H34O4P2/c1-7-28(24,8-2)26-21-15-11-19(12-16-21)23(5,6)20-13-17-22(18-14-20)27-29(25,9-3)10-4/h11-18H,7-10H2,1-6H3. The fourth-order valence-electron chi connectivity index (χ4n) is 3.12. The average Bonchev–Trinajstić information content (AvgIpc) is 2.74. The zero-order valence-corrected chi connectivity index (χ0v) is 20.3. The lowest BCUT2D eigenvalue weighted by Crippen LogP contribution is -2.18. The van der Waals surface area contributed by atoms with E-state index in [0.717, 1.165) is 11.1 Å². The van der Waals surface area contributed by atoms with Crippen molar-refractivity contribution in [3.63, 3.8) is 0 Å². The van der Waals surface area contributed by atoms with Crippen molar-refractivity contribution in [3.8, 4) is 11.5 Å². The van der Waals surface area contributed by atoms with Crippen molar-refractivity contribution < 1.29 is 18.2 Å². The molecule has 0 aliphatic rings. The van der Waals surface area contributed by atoms with Crippen molar-refractivity contribution in [2.24, 2.45) is 0 Å². The molecule has 0 heterocycles. The second-order valence-electron chi connectivity index (χ2n) is 7.75. The molecule has 0 saturated carbocycles. The second-order valence-corrected chi connectivity index (χ2v) is 13.9. The van der Waals surface area contributed by atoms with Crippen LogP contribution in [-0.2, 0) is 14.5 Å². The summed E-state index contributed by atoms with van der Waals surface area (Å²) in [6.45, 7) is 11.9. The normalized spacial score (nSPS) is 12.6. The Morgan fingerprint density at radius 1 is 0.621 bits per heavy atom. The molecule has 0 saturated heterocycles. The molecule has 0 radical (unpaired) electrons. The van der Waals surface area contributed by atoms with E-state index in [-0.39, 0.29) is 5.41 Å². The maximum atomic E-state index is 12.5. The molecule has 0 aliphatic heterocycles. The van der Waals surface area contributed by atoms with Crippen LogP contribution in [0.5, 0.6) is 11.5 Å². The van der Waals surface area contributed by atoms with Crippen molar-refractivity contribution in [1.82, 2.24) is 0 Å². The highest BCUT2D eigenvalue weighted by atomic mass is 31.2. The van der Waals surface area contributed by atoms with Gasteiger partial charge >= 0.3 is 0 Å². The molecule has 0 bridgehead atoms. The topological polar surface area (TPSA) is 52.6 Å². The first-order valence-electron chi connectivity index (χ1n) is 10.4. The van der Waals surface area contributed by atoms with Crippen LogP contribution >= 0.6 is 14.7 Å². The predicted molar refractivity (Wildman–Crippen MR) is 124 cm³/mol. The van der Waals surface area contributed by atoms with Gasteiger partial charge in [0.2, 0.25) is 14.7 Å². The van der Waals surface area contributed by atoms with Gasteiger partial charge in [0.15, 0.2) is 0 Å². The van der Waals surface area contributed by atoms with Crippen LogP contribution in [0, 0.1) is 0 Å². The summed E-state index contributed by atoms with van der Waals surface area (Å²) in [6.07, 6.45) is 2.14. The highest BCUT2D eigenvalue weighted by molar-refractivity contribution is 7.59. The zero-order valence-electron chi connectivity index (χ0n) is 18.5. The lowest BCUT2D eigenvalue weighted by Gasteiger charge is -2.27. The van der Waals surface area contributed by atoms with E-state index in [1.807, 2.05) is 76.2 Å². The predicted octanol–water partition coefficient (Wildman–Crippen LogP) is 7.41. The lowest BCUT2D eigenvalue weighted by atomic mass is 9.78. The summed E-state index contributed by atoms with van der Waals surface area (Å²) in [5.41, 5.74) is 2.04. The molecule has 0 N–H and O–H groups in total. The fourth-order valence-corrected chi connectivity index (χ4v) is 5.54. The van der Waals surface area contributed by atoms with Crippen LogP contribution in [0.15, 0.2) is 48.5 Å². The largest absolute Gasteiger partial charge is 0.443 e. The summed E-state index contributed by atoms with van der Waals surface area (Å²) >= 11 is 0. The summed E-state index contributed by atoms with van der Waals surface area (Å²) in [7, 11) is -5.16. The maximum absolute atomic E-state index is 12.5. The Morgan fingerprint density at radius 3 is 1.14 bits per heavy atom. The molecule has 0 fully saturated rings. The highest BCUT2D eigenvalue weighted by Gasteiger charge is 2.25. The Bertz CT molecular complexity index is 797. The van der Waals surface area contributed by atoms with Crippen LogP contribution in [0.1, 0.15) is 52.7 Å². The minimum absolute atomic E-state index is 0.227. The molecule has 0 aliphatic carbocycles. The van der Waals surface area contributed by atoms with E-state index in [1.54, 1.807) is 0 Å². The third-order valence-electron chi connectivity index (χ3n) is 5.62. The van der Waals surface area contributed by atoms with Crippen LogP contribution in [0.4, 0.5) is 0 Å². The minimum atomic E-state index is -2.58. The first-order valence-corrected chi connectivity index (χ1v) is 14.4. The molecule has 2 rings (SSSR count). The van der Waals surface area contributed by atoms with Crippen molar-refractivity contribution in [2.75, 3.05) is 24.6 Å². The first-order chi connectivity index (χ1) is 13.6. The monoisotopic (exact) mass is 436 g/mol. The average molecular weight is 436 g/mol. The Morgan fingerprint density at radius 2 is 0.897 bits per heavy atom. The number of hydrogen-bond donors (Lipinski definition) is 0. The van der Waals surface area contributed by atoms with Crippen molar-refractivity contribution >= 4 is 14.7 Å². The van der Waals surface area contributed by atoms with Gasteiger partial charge in [-0.05, 0) is 35.4 Å². The molecular formula is C23H34O4P2.